The van der Waals surface area contributed by atoms with Gasteiger partial charge in [-0.25, -0.2) is 0 Å². The summed E-state index contributed by atoms with van der Waals surface area (Å²) in [6.07, 6.45) is -5.11. The van der Waals surface area contributed by atoms with E-state index in [1.54, 1.807) is 6.92 Å². The van der Waals surface area contributed by atoms with Crippen molar-refractivity contribution in [2.45, 2.75) is 37.6 Å². The van der Waals surface area contributed by atoms with E-state index in [4.69, 9.17) is 4.74 Å². The smallest absolute Gasteiger partial charge is 0.385 e. The molecule has 2 saturated heterocycles. The Labute approximate surface area is 114 Å². The number of carbonyl (C=O) groups is 1. The van der Waals surface area contributed by atoms with Crippen LogP contribution in [0.1, 0.15) is 19.8 Å². The maximum atomic E-state index is 13.2. The molecule has 116 valence electrons. The Balaban J connectivity index is 2.03. The van der Waals surface area contributed by atoms with E-state index in [1.165, 1.54) is 0 Å². The molecule has 5 nitrogen and oxygen atoms in total. The minimum atomic E-state index is -4.61. The summed E-state index contributed by atoms with van der Waals surface area (Å²) in [5, 5.41) is 15.0. The molecule has 20 heavy (non-hydrogen) atoms. The Morgan fingerprint density at radius 2 is 2.20 bits per heavy atom. The van der Waals surface area contributed by atoms with Gasteiger partial charge in [0.15, 0.2) is 5.41 Å². The first-order valence-electron chi connectivity index (χ1n) is 6.61. The molecule has 0 aromatic carbocycles. The van der Waals surface area contributed by atoms with Crippen molar-refractivity contribution in [1.29, 1.82) is 0 Å². The summed E-state index contributed by atoms with van der Waals surface area (Å²) in [6.45, 7) is 1.46. The average Bonchev–Trinajstić information content (AvgIpc) is 2.95. The van der Waals surface area contributed by atoms with Crippen molar-refractivity contribution < 1.29 is 27.8 Å². The standard InChI is InChI=1S/C12H19F3N2O3/c1-8-11(19,3-5-20-8)7-17-9(18)10(12(13,14)15)2-4-16-6-10/h8,16,19H,2-7H2,1H3,(H,17,18). The number of carbonyl (C=O) groups excluding carboxylic acids is 1. The van der Waals surface area contributed by atoms with Crippen molar-refractivity contribution in [3.05, 3.63) is 0 Å². The lowest BCUT2D eigenvalue weighted by Gasteiger charge is -2.32. The van der Waals surface area contributed by atoms with Crippen molar-refractivity contribution in [2.24, 2.45) is 5.41 Å². The van der Waals surface area contributed by atoms with Crippen LogP contribution in [0.2, 0.25) is 0 Å². The lowest BCUT2D eigenvalue weighted by molar-refractivity contribution is -0.216. The number of hydrogen-bond donors (Lipinski definition) is 3. The van der Waals surface area contributed by atoms with Gasteiger partial charge in [0.25, 0.3) is 0 Å². The summed E-state index contributed by atoms with van der Waals surface area (Å²) in [7, 11) is 0. The van der Waals surface area contributed by atoms with Crippen LogP contribution in [0.4, 0.5) is 13.2 Å². The summed E-state index contributed by atoms with van der Waals surface area (Å²) in [5.41, 5.74) is -3.69. The molecule has 2 aliphatic rings. The molecule has 0 spiro atoms. The van der Waals surface area contributed by atoms with E-state index in [1.807, 2.05) is 0 Å². The lowest BCUT2D eigenvalue weighted by atomic mass is 9.84. The second-order valence-corrected chi connectivity index (χ2v) is 5.56. The first-order chi connectivity index (χ1) is 9.21. The molecule has 2 rings (SSSR count). The van der Waals surface area contributed by atoms with Crippen LogP contribution < -0.4 is 10.6 Å². The molecule has 3 atom stereocenters. The number of alkyl halides is 3. The van der Waals surface area contributed by atoms with Gasteiger partial charge in [-0.3, -0.25) is 4.79 Å². The van der Waals surface area contributed by atoms with Crippen LogP contribution in [0, 0.1) is 5.41 Å². The monoisotopic (exact) mass is 296 g/mol. The van der Waals surface area contributed by atoms with Crippen molar-refractivity contribution in [3.8, 4) is 0 Å². The Morgan fingerprint density at radius 3 is 2.65 bits per heavy atom. The highest BCUT2D eigenvalue weighted by atomic mass is 19.4. The average molecular weight is 296 g/mol. The largest absolute Gasteiger partial charge is 0.404 e. The van der Waals surface area contributed by atoms with Gasteiger partial charge in [0.2, 0.25) is 5.91 Å². The molecule has 0 saturated carbocycles. The molecule has 3 N–H and O–H groups in total. The van der Waals surface area contributed by atoms with Gasteiger partial charge in [-0.2, -0.15) is 13.2 Å². The molecule has 1 amide bonds. The number of halogens is 3. The highest BCUT2D eigenvalue weighted by Gasteiger charge is 2.61. The fraction of sp³-hybridized carbons (Fsp3) is 0.917. The third-order valence-electron chi connectivity index (χ3n) is 4.35. The predicted molar refractivity (Wildman–Crippen MR) is 64.0 cm³/mol. The van der Waals surface area contributed by atoms with E-state index in [-0.39, 0.29) is 19.5 Å². The third kappa shape index (κ3) is 2.51. The van der Waals surface area contributed by atoms with E-state index in [0.717, 1.165) is 0 Å². The number of nitrogens with one attached hydrogen (secondary N) is 2. The highest BCUT2D eigenvalue weighted by Crippen LogP contribution is 2.43. The maximum Gasteiger partial charge on any atom is 0.404 e. The van der Waals surface area contributed by atoms with Crippen LogP contribution in [0.5, 0.6) is 0 Å². The number of aliphatic hydroxyl groups is 1. The van der Waals surface area contributed by atoms with Crippen LogP contribution in [0.25, 0.3) is 0 Å². The zero-order valence-electron chi connectivity index (χ0n) is 11.2. The van der Waals surface area contributed by atoms with Gasteiger partial charge in [0.1, 0.15) is 5.60 Å². The molecule has 2 heterocycles. The first-order valence-corrected chi connectivity index (χ1v) is 6.61. The van der Waals surface area contributed by atoms with Crippen LogP contribution in [0.15, 0.2) is 0 Å². The van der Waals surface area contributed by atoms with Gasteiger partial charge >= 0.3 is 6.18 Å². The molecule has 0 aliphatic carbocycles. The predicted octanol–water partition coefficient (Wildman–Crippen LogP) is 0.184. The summed E-state index contributed by atoms with van der Waals surface area (Å²) in [6, 6.07) is 0. The second kappa shape index (κ2) is 5.16. The molecule has 0 bridgehead atoms. The van der Waals surface area contributed by atoms with Gasteiger partial charge in [0, 0.05) is 26.1 Å². The van der Waals surface area contributed by atoms with Crippen LogP contribution >= 0.6 is 0 Å². The van der Waals surface area contributed by atoms with Gasteiger partial charge < -0.3 is 20.5 Å². The van der Waals surface area contributed by atoms with Crippen molar-refractivity contribution in [3.63, 3.8) is 0 Å². The Hall–Kier alpha value is -0.860. The topological polar surface area (TPSA) is 70.6 Å². The van der Waals surface area contributed by atoms with E-state index in [0.29, 0.717) is 13.0 Å². The van der Waals surface area contributed by atoms with Crippen LogP contribution in [0.3, 0.4) is 0 Å². The van der Waals surface area contributed by atoms with Gasteiger partial charge in [-0.05, 0) is 19.9 Å². The molecular formula is C12H19F3N2O3. The van der Waals surface area contributed by atoms with Crippen molar-refractivity contribution in [1.82, 2.24) is 10.6 Å². The summed E-state index contributed by atoms with van der Waals surface area (Å²) in [4.78, 5) is 12.0. The Kier molecular flexibility index (Phi) is 4.01. The summed E-state index contributed by atoms with van der Waals surface area (Å²) in [5.74, 6) is -1.08. The minimum absolute atomic E-state index is 0.150. The summed E-state index contributed by atoms with van der Waals surface area (Å²) < 4.78 is 44.6. The third-order valence-corrected chi connectivity index (χ3v) is 4.35. The van der Waals surface area contributed by atoms with E-state index >= 15 is 0 Å². The number of rotatable bonds is 3. The zero-order valence-corrected chi connectivity index (χ0v) is 11.2. The molecule has 8 heteroatoms. The fourth-order valence-corrected chi connectivity index (χ4v) is 2.66. The van der Waals surface area contributed by atoms with E-state index < -0.39 is 35.7 Å². The molecule has 2 aliphatic heterocycles. The quantitative estimate of drug-likeness (QED) is 0.695. The number of ether oxygens (including phenoxy) is 1. The first kappa shape index (κ1) is 15.5. The number of hydrogen-bond acceptors (Lipinski definition) is 4. The van der Waals surface area contributed by atoms with Crippen LogP contribution in [-0.2, 0) is 9.53 Å². The molecule has 2 fully saturated rings. The normalized spacial score (nSPS) is 38.1. The second-order valence-electron chi connectivity index (χ2n) is 5.56. The Morgan fingerprint density at radius 1 is 1.50 bits per heavy atom. The lowest BCUT2D eigenvalue weighted by Crippen LogP contribution is -2.56. The Bertz CT molecular complexity index is 383. The van der Waals surface area contributed by atoms with Crippen molar-refractivity contribution in [2.75, 3.05) is 26.2 Å². The SMILES string of the molecule is CC1OCCC1(O)CNC(=O)C1(C(F)(F)F)CCNC1. The maximum absolute atomic E-state index is 13.2. The van der Waals surface area contributed by atoms with Gasteiger partial charge in [-0.15, -0.1) is 0 Å². The van der Waals surface area contributed by atoms with Gasteiger partial charge in [0.05, 0.1) is 6.10 Å². The molecular weight excluding hydrogens is 277 g/mol. The van der Waals surface area contributed by atoms with E-state index in [9.17, 15) is 23.1 Å². The number of amides is 1. The zero-order chi connectivity index (χ0) is 15.0. The molecule has 0 radical (unpaired) electrons. The van der Waals surface area contributed by atoms with Crippen LogP contribution in [-0.4, -0.2) is 55.1 Å². The summed E-state index contributed by atoms with van der Waals surface area (Å²) >= 11 is 0. The molecule has 0 aromatic rings. The molecule has 0 aromatic heterocycles. The highest BCUT2D eigenvalue weighted by molar-refractivity contribution is 5.84. The molecule has 3 unspecified atom stereocenters. The van der Waals surface area contributed by atoms with E-state index in [2.05, 4.69) is 10.6 Å². The fourth-order valence-electron chi connectivity index (χ4n) is 2.66. The van der Waals surface area contributed by atoms with Crippen molar-refractivity contribution >= 4 is 5.91 Å². The minimum Gasteiger partial charge on any atom is -0.385 e. The van der Waals surface area contributed by atoms with Gasteiger partial charge in [-0.1, -0.05) is 0 Å².